The van der Waals surface area contributed by atoms with Crippen LogP contribution in [0.2, 0.25) is 0 Å². The lowest BCUT2D eigenvalue weighted by Gasteiger charge is -2.04. The molecular formula is C17H16IN3O. The number of para-hydroxylation sites is 2. The highest BCUT2D eigenvalue weighted by Crippen LogP contribution is 2.13. The number of amides is 1. The van der Waals surface area contributed by atoms with Crippen molar-refractivity contribution in [3.05, 3.63) is 57.9 Å². The van der Waals surface area contributed by atoms with Crippen LogP contribution in [0.5, 0.6) is 0 Å². The second-order valence-electron chi connectivity index (χ2n) is 5.11. The quantitative estimate of drug-likeness (QED) is 0.628. The molecule has 22 heavy (non-hydrogen) atoms. The number of nitrogens with zero attached hydrogens (tertiary/aromatic N) is 1. The van der Waals surface area contributed by atoms with E-state index >= 15 is 0 Å². The van der Waals surface area contributed by atoms with Gasteiger partial charge in [-0.25, -0.2) is 4.98 Å². The fourth-order valence-corrected chi connectivity index (χ4v) is 2.66. The zero-order valence-corrected chi connectivity index (χ0v) is 14.1. The van der Waals surface area contributed by atoms with Crippen molar-refractivity contribution in [2.75, 3.05) is 5.32 Å². The molecule has 2 N–H and O–H groups in total. The molecule has 0 aliphatic rings. The highest BCUT2D eigenvalue weighted by atomic mass is 127. The Labute approximate surface area is 142 Å². The second-order valence-corrected chi connectivity index (χ2v) is 6.35. The molecule has 2 aromatic carbocycles. The number of rotatable bonds is 5. The fourth-order valence-electron chi connectivity index (χ4n) is 2.30. The van der Waals surface area contributed by atoms with E-state index in [4.69, 9.17) is 0 Å². The van der Waals surface area contributed by atoms with Crippen LogP contribution < -0.4 is 5.32 Å². The summed E-state index contributed by atoms with van der Waals surface area (Å²) >= 11 is 2.24. The molecule has 4 nitrogen and oxygen atoms in total. The van der Waals surface area contributed by atoms with Crippen molar-refractivity contribution in [2.45, 2.75) is 19.3 Å². The Bertz CT molecular complexity index is 747. The third kappa shape index (κ3) is 3.85. The zero-order valence-electron chi connectivity index (χ0n) is 12.0. The van der Waals surface area contributed by atoms with Gasteiger partial charge in [-0.1, -0.05) is 12.1 Å². The van der Waals surface area contributed by atoms with Crippen molar-refractivity contribution in [3.63, 3.8) is 0 Å². The van der Waals surface area contributed by atoms with Crippen LogP contribution in [0.4, 0.5) is 5.69 Å². The summed E-state index contributed by atoms with van der Waals surface area (Å²) in [6.07, 6.45) is 2.04. The van der Waals surface area contributed by atoms with E-state index in [0.29, 0.717) is 6.42 Å². The number of hydrogen-bond donors (Lipinski definition) is 2. The van der Waals surface area contributed by atoms with Crippen molar-refractivity contribution in [2.24, 2.45) is 0 Å². The lowest BCUT2D eigenvalue weighted by molar-refractivity contribution is -0.116. The van der Waals surface area contributed by atoms with Crippen LogP contribution in [0, 0.1) is 3.57 Å². The molecule has 3 aromatic rings. The van der Waals surface area contributed by atoms with Gasteiger partial charge in [0.15, 0.2) is 0 Å². The van der Waals surface area contributed by atoms with Gasteiger partial charge in [-0.05, 0) is 65.4 Å². The van der Waals surface area contributed by atoms with Crippen LogP contribution in [0.3, 0.4) is 0 Å². The van der Waals surface area contributed by atoms with E-state index in [9.17, 15) is 4.79 Å². The molecule has 112 valence electrons. The van der Waals surface area contributed by atoms with Gasteiger partial charge in [-0.3, -0.25) is 4.79 Å². The first-order valence-electron chi connectivity index (χ1n) is 7.20. The normalized spacial score (nSPS) is 10.8. The number of carbonyl (C=O) groups excluding carboxylic acids is 1. The number of H-pyrrole nitrogens is 1. The molecule has 0 saturated carbocycles. The molecule has 0 radical (unpaired) electrons. The van der Waals surface area contributed by atoms with E-state index in [1.54, 1.807) is 0 Å². The third-order valence-corrected chi connectivity index (χ3v) is 4.10. The topological polar surface area (TPSA) is 57.8 Å². The molecule has 1 amide bonds. The predicted octanol–water partition coefficient (Wildman–Crippen LogP) is 4.13. The second kappa shape index (κ2) is 6.91. The minimum atomic E-state index is 0.0392. The van der Waals surface area contributed by atoms with E-state index in [1.807, 2.05) is 48.5 Å². The van der Waals surface area contributed by atoms with Gasteiger partial charge in [0.1, 0.15) is 5.82 Å². The van der Waals surface area contributed by atoms with E-state index in [-0.39, 0.29) is 5.91 Å². The maximum absolute atomic E-state index is 11.9. The van der Waals surface area contributed by atoms with E-state index < -0.39 is 0 Å². The molecule has 0 spiro atoms. The van der Waals surface area contributed by atoms with E-state index in [0.717, 1.165) is 39.0 Å². The van der Waals surface area contributed by atoms with E-state index in [1.165, 1.54) is 0 Å². The predicted molar refractivity (Wildman–Crippen MR) is 96.8 cm³/mol. The van der Waals surface area contributed by atoms with Gasteiger partial charge >= 0.3 is 0 Å². The molecule has 0 bridgehead atoms. The van der Waals surface area contributed by atoms with Gasteiger partial charge in [0.2, 0.25) is 5.91 Å². The molecule has 0 unspecified atom stereocenters. The average molecular weight is 405 g/mol. The largest absolute Gasteiger partial charge is 0.342 e. The highest BCUT2D eigenvalue weighted by Gasteiger charge is 2.05. The Balaban J connectivity index is 1.49. The van der Waals surface area contributed by atoms with Crippen LogP contribution >= 0.6 is 22.6 Å². The maximum Gasteiger partial charge on any atom is 0.224 e. The Morgan fingerprint density at radius 3 is 2.68 bits per heavy atom. The van der Waals surface area contributed by atoms with Gasteiger partial charge in [0.05, 0.1) is 11.0 Å². The molecule has 0 aliphatic heterocycles. The standard InChI is InChI=1S/C17H16IN3O/c18-12-8-10-13(11-9-12)19-17(22)7-3-6-16-20-14-4-1-2-5-15(14)21-16/h1-2,4-5,8-11H,3,6-7H2,(H,19,22)(H,20,21). The van der Waals surface area contributed by atoms with Crippen molar-refractivity contribution < 1.29 is 4.79 Å². The number of halogens is 1. The first-order valence-corrected chi connectivity index (χ1v) is 8.27. The summed E-state index contributed by atoms with van der Waals surface area (Å²) in [6, 6.07) is 15.7. The SMILES string of the molecule is O=C(CCCc1nc2ccccc2[nH]1)Nc1ccc(I)cc1. The van der Waals surface area contributed by atoms with Crippen molar-refractivity contribution in [1.29, 1.82) is 0 Å². The lowest BCUT2D eigenvalue weighted by Crippen LogP contribution is -2.11. The van der Waals surface area contributed by atoms with Crippen molar-refractivity contribution in [3.8, 4) is 0 Å². The molecule has 1 aromatic heterocycles. The first kappa shape index (κ1) is 15.0. The number of fused-ring (bicyclic) bond motifs is 1. The summed E-state index contributed by atoms with van der Waals surface area (Å²) in [5, 5.41) is 2.91. The van der Waals surface area contributed by atoms with Crippen LogP contribution in [-0.2, 0) is 11.2 Å². The number of nitrogens with one attached hydrogen (secondary N) is 2. The number of aromatic amines is 1. The summed E-state index contributed by atoms with van der Waals surface area (Å²) in [5.41, 5.74) is 2.86. The number of aryl methyl sites for hydroxylation is 1. The number of anilines is 1. The number of aromatic nitrogens is 2. The van der Waals surface area contributed by atoms with E-state index in [2.05, 4.69) is 37.9 Å². The monoisotopic (exact) mass is 405 g/mol. The van der Waals surface area contributed by atoms with Crippen LogP contribution in [0.1, 0.15) is 18.7 Å². The van der Waals surface area contributed by atoms with Crippen molar-refractivity contribution >= 4 is 45.2 Å². The van der Waals surface area contributed by atoms with Gasteiger partial charge in [-0.15, -0.1) is 0 Å². The Hall–Kier alpha value is -1.89. The Morgan fingerprint density at radius 1 is 1.14 bits per heavy atom. The Kier molecular flexibility index (Phi) is 4.72. The van der Waals surface area contributed by atoms with Crippen LogP contribution in [0.15, 0.2) is 48.5 Å². The first-order chi connectivity index (χ1) is 10.7. The van der Waals surface area contributed by atoms with Gasteiger partial charge < -0.3 is 10.3 Å². The Morgan fingerprint density at radius 2 is 1.91 bits per heavy atom. The summed E-state index contributed by atoms with van der Waals surface area (Å²) in [7, 11) is 0. The van der Waals surface area contributed by atoms with Crippen LogP contribution in [0.25, 0.3) is 11.0 Å². The minimum absolute atomic E-state index is 0.0392. The smallest absolute Gasteiger partial charge is 0.224 e. The van der Waals surface area contributed by atoms with Gasteiger partial charge in [-0.2, -0.15) is 0 Å². The summed E-state index contributed by atoms with van der Waals surface area (Å²) in [4.78, 5) is 19.7. The van der Waals surface area contributed by atoms with Crippen molar-refractivity contribution in [1.82, 2.24) is 9.97 Å². The molecule has 0 atom stereocenters. The molecule has 1 heterocycles. The number of imidazole rings is 1. The van der Waals surface area contributed by atoms with Crippen LogP contribution in [-0.4, -0.2) is 15.9 Å². The summed E-state index contributed by atoms with van der Waals surface area (Å²) < 4.78 is 1.15. The molecule has 5 heteroatoms. The zero-order chi connectivity index (χ0) is 15.4. The summed E-state index contributed by atoms with van der Waals surface area (Å²) in [5.74, 6) is 0.973. The molecule has 0 aliphatic carbocycles. The number of benzene rings is 2. The highest BCUT2D eigenvalue weighted by molar-refractivity contribution is 14.1. The third-order valence-electron chi connectivity index (χ3n) is 3.38. The lowest BCUT2D eigenvalue weighted by atomic mass is 10.2. The van der Waals surface area contributed by atoms with Gasteiger partial charge in [0, 0.05) is 22.1 Å². The van der Waals surface area contributed by atoms with Gasteiger partial charge in [0.25, 0.3) is 0 Å². The molecule has 0 fully saturated rings. The molecular weight excluding hydrogens is 389 g/mol. The number of hydrogen-bond acceptors (Lipinski definition) is 2. The number of carbonyl (C=O) groups is 1. The molecule has 3 rings (SSSR count). The average Bonchev–Trinajstić information content (AvgIpc) is 2.92. The minimum Gasteiger partial charge on any atom is -0.342 e. The maximum atomic E-state index is 11.9. The molecule has 0 saturated heterocycles. The fraction of sp³-hybridized carbons (Fsp3) is 0.176. The summed E-state index contributed by atoms with van der Waals surface area (Å²) in [6.45, 7) is 0.